The lowest BCUT2D eigenvalue weighted by atomic mass is 10.2. The predicted molar refractivity (Wildman–Crippen MR) is 81.5 cm³/mol. The number of methoxy groups -OCH3 is 1. The van der Waals surface area contributed by atoms with Crippen molar-refractivity contribution in [2.45, 2.75) is 6.92 Å². The predicted octanol–water partition coefficient (Wildman–Crippen LogP) is 2.14. The van der Waals surface area contributed by atoms with Gasteiger partial charge in [-0.05, 0) is 19.1 Å². The number of carbonyl (C=O) groups excluding carboxylic acids is 2. The van der Waals surface area contributed by atoms with Crippen LogP contribution in [0.5, 0.6) is 0 Å². The first kappa shape index (κ1) is 16.5. The summed E-state index contributed by atoms with van der Waals surface area (Å²) in [6, 6.07) is 6.75. The second-order valence-electron chi connectivity index (χ2n) is 4.63. The first-order valence-corrected chi connectivity index (χ1v) is 6.30. The average Bonchev–Trinajstić information content (AvgIpc) is 2.45. The van der Waals surface area contributed by atoms with Gasteiger partial charge in [0.25, 0.3) is 0 Å². The van der Waals surface area contributed by atoms with Crippen LogP contribution in [0.1, 0.15) is 5.56 Å². The number of aliphatic imine (C=N–C) groups is 1. The van der Waals surface area contributed by atoms with E-state index in [9.17, 15) is 9.59 Å². The van der Waals surface area contributed by atoms with Crippen LogP contribution < -0.4 is 5.32 Å². The summed E-state index contributed by atoms with van der Waals surface area (Å²) in [7, 11) is 6.09. The van der Waals surface area contributed by atoms with Gasteiger partial charge in [-0.3, -0.25) is 4.90 Å². The summed E-state index contributed by atoms with van der Waals surface area (Å²) in [5, 5.41) is 2.63. The maximum absolute atomic E-state index is 11.9. The van der Waals surface area contributed by atoms with E-state index in [2.05, 4.69) is 15.0 Å². The molecular formula is C14H20N4O3. The van der Waals surface area contributed by atoms with Crippen LogP contribution in [-0.2, 0) is 4.74 Å². The van der Waals surface area contributed by atoms with E-state index in [1.807, 2.05) is 19.1 Å². The second-order valence-corrected chi connectivity index (χ2v) is 4.63. The monoisotopic (exact) mass is 292 g/mol. The lowest BCUT2D eigenvalue weighted by Crippen LogP contribution is -2.42. The summed E-state index contributed by atoms with van der Waals surface area (Å²) in [5.41, 5.74) is 1.73. The minimum atomic E-state index is -0.606. The van der Waals surface area contributed by atoms with Crippen molar-refractivity contribution < 1.29 is 14.3 Å². The highest BCUT2D eigenvalue weighted by atomic mass is 16.5. The van der Waals surface area contributed by atoms with Crippen molar-refractivity contribution >= 4 is 23.8 Å². The maximum Gasteiger partial charge on any atom is 0.416 e. The molecule has 0 spiro atoms. The third-order valence-electron chi connectivity index (χ3n) is 2.65. The first-order valence-electron chi connectivity index (χ1n) is 6.30. The molecule has 0 radical (unpaired) electrons. The standard InChI is InChI=1S/C14H20N4O3/c1-10-6-8-11(9-7-10)15-12(19)16-13(17(2)3)18(4)14(20)21-5/h6-9H,1-5H3,(H,15,19)/b16-13+. The molecule has 0 aliphatic heterocycles. The minimum Gasteiger partial charge on any atom is -0.452 e. The summed E-state index contributed by atoms with van der Waals surface area (Å²) in [6.07, 6.45) is -0.606. The van der Waals surface area contributed by atoms with Crippen molar-refractivity contribution in [3.05, 3.63) is 29.8 Å². The Morgan fingerprint density at radius 2 is 1.71 bits per heavy atom. The summed E-state index contributed by atoms with van der Waals surface area (Å²) in [6.45, 7) is 1.96. The maximum atomic E-state index is 11.9. The van der Waals surface area contributed by atoms with E-state index in [0.717, 1.165) is 10.5 Å². The molecular weight excluding hydrogens is 272 g/mol. The van der Waals surface area contributed by atoms with Gasteiger partial charge in [0.1, 0.15) is 0 Å². The number of anilines is 1. The molecule has 0 unspecified atom stereocenters. The number of ether oxygens (including phenoxy) is 1. The molecule has 21 heavy (non-hydrogen) atoms. The van der Waals surface area contributed by atoms with Crippen LogP contribution in [-0.4, -0.2) is 56.1 Å². The highest BCUT2D eigenvalue weighted by Crippen LogP contribution is 2.09. The minimum absolute atomic E-state index is 0.173. The van der Waals surface area contributed by atoms with Gasteiger partial charge in [-0.15, -0.1) is 0 Å². The van der Waals surface area contributed by atoms with E-state index in [-0.39, 0.29) is 5.96 Å². The highest BCUT2D eigenvalue weighted by Gasteiger charge is 2.18. The van der Waals surface area contributed by atoms with Crippen molar-refractivity contribution in [2.75, 3.05) is 33.6 Å². The van der Waals surface area contributed by atoms with Gasteiger partial charge >= 0.3 is 12.1 Å². The number of guanidine groups is 1. The molecule has 3 amide bonds. The Morgan fingerprint density at radius 3 is 2.19 bits per heavy atom. The number of rotatable bonds is 1. The molecule has 7 heteroatoms. The number of benzene rings is 1. The number of hydrogen-bond acceptors (Lipinski definition) is 3. The lowest BCUT2D eigenvalue weighted by molar-refractivity contribution is 0.149. The normalized spacial score (nSPS) is 10.8. The molecule has 0 heterocycles. The molecule has 1 aromatic rings. The van der Waals surface area contributed by atoms with Gasteiger partial charge in [-0.1, -0.05) is 17.7 Å². The topological polar surface area (TPSA) is 74.2 Å². The summed E-state index contributed by atoms with van der Waals surface area (Å²) < 4.78 is 4.60. The van der Waals surface area contributed by atoms with Crippen LogP contribution in [0.3, 0.4) is 0 Å². The molecule has 0 bridgehead atoms. The Bertz CT molecular complexity index is 538. The molecule has 0 aliphatic carbocycles. The number of hydrogen-bond donors (Lipinski definition) is 1. The van der Waals surface area contributed by atoms with Crippen LogP contribution >= 0.6 is 0 Å². The van der Waals surface area contributed by atoms with Crippen LogP contribution in [0, 0.1) is 6.92 Å². The highest BCUT2D eigenvalue weighted by molar-refractivity contribution is 6.03. The third kappa shape index (κ3) is 4.79. The van der Waals surface area contributed by atoms with E-state index >= 15 is 0 Å². The molecule has 0 saturated heterocycles. The molecule has 0 fully saturated rings. The molecule has 0 atom stereocenters. The number of nitrogens with one attached hydrogen (secondary N) is 1. The molecule has 1 N–H and O–H groups in total. The van der Waals surface area contributed by atoms with Gasteiger partial charge < -0.3 is 15.0 Å². The van der Waals surface area contributed by atoms with Gasteiger partial charge in [0.05, 0.1) is 7.11 Å². The molecule has 114 valence electrons. The average molecular weight is 292 g/mol. The first-order chi connectivity index (χ1) is 9.85. The van der Waals surface area contributed by atoms with E-state index in [1.54, 1.807) is 31.1 Å². The number of aryl methyl sites for hydroxylation is 1. The van der Waals surface area contributed by atoms with Crippen molar-refractivity contribution in [3.63, 3.8) is 0 Å². The van der Waals surface area contributed by atoms with E-state index in [4.69, 9.17) is 0 Å². The Labute approximate surface area is 124 Å². The molecule has 1 aromatic carbocycles. The molecule has 0 aliphatic rings. The zero-order chi connectivity index (χ0) is 16.0. The molecule has 7 nitrogen and oxygen atoms in total. The fourth-order valence-electron chi connectivity index (χ4n) is 1.57. The molecule has 0 saturated carbocycles. The molecule has 0 aromatic heterocycles. The largest absolute Gasteiger partial charge is 0.452 e. The SMILES string of the molecule is COC(=O)N(C)/C(=N/C(=O)Nc1ccc(C)cc1)N(C)C. The number of amides is 3. The number of urea groups is 1. The van der Waals surface area contributed by atoms with Crippen LogP contribution in [0.2, 0.25) is 0 Å². The van der Waals surface area contributed by atoms with Crippen LogP contribution in [0.15, 0.2) is 29.3 Å². The quantitative estimate of drug-likeness (QED) is 0.635. The Morgan fingerprint density at radius 1 is 1.14 bits per heavy atom. The number of carbonyl (C=O) groups is 2. The fraction of sp³-hybridized carbons (Fsp3) is 0.357. The van der Waals surface area contributed by atoms with Gasteiger partial charge in [0.2, 0.25) is 5.96 Å². The zero-order valence-corrected chi connectivity index (χ0v) is 12.9. The van der Waals surface area contributed by atoms with Crippen molar-refractivity contribution in [1.82, 2.24) is 9.80 Å². The van der Waals surface area contributed by atoms with Crippen molar-refractivity contribution in [1.29, 1.82) is 0 Å². The Balaban J connectivity index is 2.87. The van der Waals surface area contributed by atoms with E-state index < -0.39 is 12.1 Å². The van der Waals surface area contributed by atoms with E-state index in [0.29, 0.717) is 5.69 Å². The van der Waals surface area contributed by atoms with Crippen molar-refractivity contribution in [3.8, 4) is 0 Å². The summed E-state index contributed by atoms with van der Waals surface area (Å²) >= 11 is 0. The van der Waals surface area contributed by atoms with Crippen LogP contribution in [0.25, 0.3) is 0 Å². The van der Waals surface area contributed by atoms with Gasteiger partial charge in [0, 0.05) is 26.8 Å². The number of nitrogens with zero attached hydrogens (tertiary/aromatic N) is 3. The Hall–Kier alpha value is -2.57. The summed E-state index contributed by atoms with van der Waals surface area (Å²) in [5.74, 6) is 0.173. The van der Waals surface area contributed by atoms with Crippen molar-refractivity contribution in [2.24, 2.45) is 4.99 Å². The second kappa shape index (κ2) is 7.28. The fourth-order valence-corrected chi connectivity index (χ4v) is 1.57. The van der Waals surface area contributed by atoms with E-state index in [1.165, 1.54) is 14.2 Å². The molecule has 1 rings (SSSR count). The van der Waals surface area contributed by atoms with Crippen LogP contribution in [0.4, 0.5) is 15.3 Å². The third-order valence-corrected chi connectivity index (χ3v) is 2.65. The lowest BCUT2D eigenvalue weighted by Gasteiger charge is -2.23. The smallest absolute Gasteiger partial charge is 0.416 e. The van der Waals surface area contributed by atoms with Gasteiger partial charge in [0.15, 0.2) is 0 Å². The zero-order valence-electron chi connectivity index (χ0n) is 12.9. The summed E-state index contributed by atoms with van der Waals surface area (Å²) in [4.78, 5) is 30.0. The van der Waals surface area contributed by atoms with Gasteiger partial charge in [-0.25, -0.2) is 9.59 Å². The Kier molecular flexibility index (Phi) is 5.71. The van der Waals surface area contributed by atoms with Gasteiger partial charge in [-0.2, -0.15) is 4.99 Å².